The summed E-state index contributed by atoms with van der Waals surface area (Å²) < 4.78 is 5.24. The number of aliphatic imine (C=N–C) groups is 1. The van der Waals surface area contributed by atoms with Crippen LogP contribution in [0.3, 0.4) is 0 Å². The predicted octanol–water partition coefficient (Wildman–Crippen LogP) is 6.14. The Balaban J connectivity index is 1.83. The van der Waals surface area contributed by atoms with E-state index in [1.165, 1.54) is 0 Å². The smallest absolute Gasteiger partial charge is 0.282 e. The third kappa shape index (κ3) is 3.97. The number of halogens is 2. The molecule has 30 heavy (non-hydrogen) atoms. The van der Waals surface area contributed by atoms with Gasteiger partial charge >= 0.3 is 0 Å². The van der Waals surface area contributed by atoms with Crippen molar-refractivity contribution in [2.24, 2.45) is 4.99 Å². The van der Waals surface area contributed by atoms with Crippen molar-refractivity contribution in [2.75, 3.05) is 12.0 Å². The number of aryl methyl sites for hydroxylation is 1. The number of benzene rings is 3. The van der Waals surface area contributed by atoms with E-state index in [0.29, 0.717) is 38.6 Å². The van der Waals surface area contributed by atoms with Gasteiger partial charge in [0.2, 0.25) is 0 Å². The van der Waals surface area contributed by atoms with Crippen molar-refractivity contribution >= 4 is 46.7 Å². The molecule has 0 N–H and O–H groups in total. The van der Waals surface area contributed by atoms with Gasteiger partial charge in [-0.05, 0) is 61.0 Å². The summed E-state index contributed by atoms with van der Waals surface area (Å²) in [5.41, 5.74) is 3.60. The zero-order valence-electron chi connectivity index (χ0n) is 16.4. The number of methoxy groups -OCH3 is 1. The summed E-state index contributed by atoms with van der Waals surface area (Å²) in [5, 5.41) is 0.988. The third-order valence-corrected chi connectivity index (χ3v) is 5.28. The van der Waals surface area contributed by atoms with Gasteiger partial charge in [-0.3, -0.25) is 9.69 Å². The number of carbonyl (C=O) groups excluding carboxylic acids is 1. The van der Waals surface area contributed by atoms with Crippen LogP contribution in [0.2, 0.25) is 10.0 Å². The summed E-state index contributed by atoms with van der Waals surface area (Å²) in [5.74, 6) is 1.04. The van der Waals surface area contributed by atoms with Crippen molar-refractivity contribution in [1.29, 1.82) is 0 Å². The van der Waals surface area contributed by atoms with Crippen LogP contribution in [0.1, 0.15) is 16.7 Å². The Morgan fingerprint density at radius 3 is 2.43 bits per heavy atom. The first-order valence-corrected chi connectivity index (χ1v) is 10.0. The van der Waals surface area contributed by atoms with Crippen molar-refractivity contribution < 1.29 is 9.53 Å². The van der Waals surface area contributed by atoms with Crippen molar-refractivity contribution in [2.45, 2.75) is 6.92 Å². The quantitative estimate of drug-likeness (QED) is 0.460. The minimum absolute atomic E-state index is 0.234. The molecule has 1 aliphatic heterocycles. The first-order chi connectivity index (χ1) is 14.5. The molecule has 3 aromatic rings. The summed E-state index contributed by atoms with van der Waals surface area (Å²) in [6.45, 7) is 2.00. The van der Waals surface area contributed by atoms with E-state index < -0.39 is 0 Å². The van der Waals surface area contributed by atoms with Crippen LogP contribution in [-0.2, 0) is 4.79 Å². The fraction of sp³-hybridized carbons (Fsp3) is 0.0833. The average Bonchev–Trinajstić information content (AvgIpc) is 3.06. The second-order valence-corrected chi connectivity index (χ2v) is 7.68. The lowest BCUT2D eigenvalue weighted by Crippen LogP contribution is -2.32. The van der Waals surface area contributed by atoms with Gasteiger partial charge in [-0.15, -0.1) is 0 Å². The van der Waals surface area contributed by atoms with Crippen LogP contribution in [-0.4, -0.2) is 18.9 Å². The summed E-state index contributed by atoms with van der Waals surface area (Å²) >= 11 is 12.3. The first-order valence-electron chi connectivity index (χ1n) is 9.27. The second-order valence-electron chi connectivity index (χ2n) is 6.84. The van der Waals surface area contributed by atoms with Gasteiger partial charge in [0.1, 0.15) is 17.3 Å². The van der Waals surface area contributed by atoms with Crippen molar-refractivity contribution in [1.82, 2.24) is 0 Å². The number of ether oxygens (including phenoxy) is 1. The van der Waals surface area contributed by atoms with Crippen LogP contribution in [0.4, 0.5) is 5.69 Å². The van der Waals surface area contributed by atoms with E-state index in [4.69, 9.17) is 27.9 Å². The van der Waals surface area contributed by atoms with Crippen molar-refractivity contribution in [3.05, 3.63) is 99.2 Å². The van der Waals surface area contributed by atoms with Crippen LogP contribution in [0.25, 0.3) is 6.08 Å². The Kier molecular flexibility index (Phi) is 5.62. The summed E-state index contributed by atoms with van der Waals surface area (Å²) in [6.07, 6.45) is 1.68. The summed E-state index contributed by atoms with van der Waals surface area (Å²) in [4.78, 5) is 19.6. The largest absolute Gasteiger partial charge is 0.497 e. The zero-order chi connectivity index (χ0) is 21.3. The van der Waals surface area contributed by atoms with Gasteiger partial charge in [0.15, 0.2) is 0 Å². The lowest BCUT2D eigenvalue weighted by atomic mass is 10.1. The summed E-state index contributed by atoms with van der Waals surface area (Å²) in [6, 6.07) is 20.3. The monoisotopic (exact) mass is 436 g/mol. The average molecular weight is 437 g/mol. The number of rotatable bonds is 4. The van der Waals surface area contributed by atoms with Gasteiger partial charge in [0.05, 0.1) is 12.8 Å². The SMILES string of the molecule is COc1ccc(N2C(=O)/C(=C\c3ccc(Cl)cc3Cl)N=C2c2cccc(C)c2)cc1. The molecule has 0 atom stereocenters. The fourth-order valence-corrected chi connectivity index (χ4v) is 3.69. The van der Waals surface area contributed by atoms with E-state index in [2.05, 4.69) is 4.99 Å². The van der Waals surface area contributed by atoms with Crippen molar-refractivity contribution in [3.8, 4) is 5.75 Å². The van der Waals surface area contributed by atoms with Gasteiger partial charge in [0, 0.05) is 15.6 Å². The number of carbonyl (C=O) groups is 1. The van der Waals surface area contributed by atoms with Gasteiger partial charge in [0.25, 0.3) is 5.91 Å². The lowest BCUT2D eigenvalue weighted by molar-refractivity contribution is -0.113. The number of hydrogen-bond donors (Lipinski definition) is 0. The van der Waals surface area contributed by atoms with Gasteiger partial charge in [-0.1, -0.05) is 53.0 Å². The van der Waals surface area contributed by atoms with Crippen LogP contribution in [0, 0.1) is 6.92 Å². The molecule has 150 valence electrons. The highest BCUT2D eigenvalue weighted by Crippen LogP contribution is 2.31. The molecular weight excluding hydrogens is 419 g/mol. The number of anilines is 1. The lowest BCUT2D eigenvalue weighted by Gasteiger charge is -2.19. The topological polar surface area (TPSA) is 41.9 Å². The third-order valence-electron chi connectivity index (χ3n) is 4.72. The molecule has 1 aliphatic rings. The molecular formula is C24H18Cl2N2O2. The molecule has 0 saturated carbocycles. The molecule has 0 saturated heterocycles. The van der Waals surface area contributed by atoms with E-state index in [1.54, 1.807) is 36.3 Å². The van der Waals surface area contributed by atoms with E-state index in [-0.39, 0.29) is 5.91 Å². The van der Waals surface area contributed by atoms with Crippen LogP contribution in [0.15, 0.2) is 77.4 Å². The molecule has 0 spiro atoms. The highest BCUT2D eigenvalue weighted by molar-refractivity contribution is 6.36. The van der Waals surface area contributed by atoms with Crippen LogP contribution < -0.4 is 9.64 Å². The number of nitrogens with zero attached hydrogens (tertiary/aromatic N) is 2. The maximum Gasteiger partial charge on any atom is 0.282 e. The Labute approximate surface area is 185 Å². The fourth-order valence-electron chi connectivity index (χ4n) is 3.23. The van der Waals surface area contributed by atoms with Crippen LogP contribution in [0.5, 0.6) is 5.75 Å². The molecule has 0 aliphatic carbocycles. The highest BCUT2D eigenvalue weighted by Gasteiger charge is 2.32. The zero-order valence-corrected chi connectivity index (χ0v) is 17.9. The van der Waals surface area contributed by atoms with Gasteiger partial charge in [-0.25, -0.2) is 4.99 Å². The number of amidine groups is 1. The standard InChI is InChI=1S/C24H18Cl2N2O2/c1-15-4-3-5-17(12-15)23-27-22(13-16-6-7-18(25)14-21(16)26)24(29)28(23)19-8-10-20(30-2)11-9-19/h3-14H,1-2H3/b22-13+. The van der Waals surface area contributed by atoms with Crippen LogP contribution >= 0.6 is 23.2 Å². The maximum absolute atomic E-state index is 13.4. The molecule has 0 fully saturated rings. The molecule has 1 amide bonds. The molecule has 4 nitrogen and oxygen atoms in total. The summed E-state index contributed by atoms with van der Waals surface area (Å²) in [7, 11) is 1.60. The van der Waals surface area contributed by atoms with E-state index in [1.807, 2.05) is 55.5 Å². The van der Waals surface area contributed by atoms with E-state index in [9.17, 15) is 4.79 Å². The van der Waals surface area contributed by atoms with Gasteiger partial charge in [-0.2, -0.15) is 0 Å². The molecule has 3 aromatic carbocycles. The Morgan fingerprint density at radius 2 is 1.77 bits per heavy atom. The molecule has 6 heteroatoms. The Bertz CT molecular complexity index is 1180. The predicted molar refractivity (Wildman–Crippen MR) is 123 cm³/mol. The normalized spacial score (nSPS) is 14.9. The number of hydrogen-bond acceptors (Lipinski definition) is 3. The molecule has 0 bridgehead atoms. The number of amides is 1. The minimum atomic E-state index is -0.234. The second kappa shape index (κ2) is 8.34. The molecule has 4 rings (SSSR count). The molecule has 0 unspecified atom stereocenters. The molecule has 0 aromatic heterocycles. The van der Waals surface area contributed by atoms with E-state index >= 15 is 0 Å². The van der Waals surface area contributed by atoms with Gasteiger partial charge < -0.3 is 4.74 Å². The molecule has 1 heterocycles. The highest BCUT2D eigenvalue weighted by atomic mass is 35.5. The van der Waals surface area contributed by atoms with Crippen molar-refractivity contribution in [3.63, 3.8) is 0 Å². The van der Waals surface area contributed by atoms with E-state index in [0.717, 1.165) is 11.1 Å². The molecule has 0 radical (unpaired) electrons. The first kappa shape index (κ1) is 20.2. The Morgan fingerprint density at radius 1 is 1.00 bits per heavy atom. The Hall–Kier alpha value is -3.08. The minimum Gasteiger partial charge on any atom is -0.497 e. The maximum atomic E-state index is 13.4.